The summed E-state index contributed by atoms with van der Waals surface area (Å²) in [6.07, 6.45) is 2.46. The van der Waals surface area contributed by atoms with Gasteiger partial charge in [0.1, 0.15) is 4.21 Å². The molecule has 20 heavy (non-hydrogen) atoms. The number of nitrogens with zero attached hydrogens (tertiary/aromatic N) is 1. The highest BCUT2D eigenvalue weighted by atomic mass is 32.2. The van der Waals surface area contributed by atoms with Gasteiger partial charge in [-0.25, -0.2) is 13.4 Å². The van der Waals surface area contributed by atoms with E-state index in [0.29, 0.717) is 36.6 Å². The average Bonchev–Trinajstić information content (AvgIpc) is 3.13. The van der Waals surface area contributed by atoms with Gasteiger partial charge in [0.05, 0.1) is 13.2 Å². The standard InChI is InChI=1S/C12H19N3O3S2/c16-20(17,14-15-3-5-18-6-4-15)12-7-10(9-19-12)8-13-11-1-2-11/h7,9,11,13-14H,1-6,8H2. The molecule has 0 unspecified atom stereocenters. The molecule has 3 rings (SSSR count). The van der Waals surface area contributed by atoms with Crippen molar-refractivity contribution in [1.82, 2.24) is 15.2 Å². The first kappa shape index (κ1) is 14.4. The highest BCUT2D eigenvalue weighted by Crippen LogP contribution is 2.23. The van der Waals surface area contributed by atoms with Gasteiger partial charge in [-0.15, -0.1) is 16.2 Å². The first-order valence-electron chi connectivity index (χ1n) is 6.79. The van der Waals surface area contributed by atoms with Crippen molar-refractivity contribution in [3.8, 4) is 0 Å². The summed E-state index contributed by atoms with van der Waals surface area (Å²) in [4.78, 5) is 2.62. The summed E-state index contributed by atoms with van der Waals surface area (Å²) in [5.41, 5.74) is 1.03. The van der Waals surface area contributed by atoms with Crippen LogP contribution in [0.15, 0.2) is 15.7 Å². The lowest BCUT2D eigenvalue weighted by Crippen LogP contribution is -2.48. The fourth-order valence-corrected chi connectivity index (χ4v) is 4.33. The van der Waals surface area contributed by atoms with E-state index in [1.807, 2.05) is 5.38 Å². The monoisotopic (exact) mass is 317 g/mol. The second kappa shape index (κ2) is 6.08. The first-order valence-corrected chi connectivity index (χ1v) is 9.16. The minimum Gasteiger partial charge on any atom is -0.379 e. The Bertz CT molecular complexity index is 548. The molecular weight excluding hydrogens is 298 g/mol. The third-order valence-electron chi connectivity index (χ3n) is 3.33. The molecule has 1 saturated heterocycles. The Balaban J connectivity index is 1.60. The fourth-order valence-electron chi connectivity index (χ4n) is 2.01. The van der Waals surface area contributed by atoms with Gasteiger partial charge in [-0.2, -0.15) is 0 Å². The van der Waals surface area contributed by atoms with Crippen molar-refractivity contribution in [2.24, 2.45) is 0 Å². The van der Waals surface area contributed by atoms with Crippen molar-refractivity contribution in [1.29, 1.82) is 0 Å². The molecule has 0 atom stereocenters. The van der Waals surface area contributed by atoms with Gasteiger partial charge in [-0.1, -0.05) is 0 Å². The van der Waals surface area contributed by atoms with E-state index in [2.05, 4.69) is 10.1 Å². The predicted octanol–water partition coefficient (Wildman–Crippen LogP) is 0.526. The molecule has 1 aliphatic carbocycles. The number of nitrogens with one attached hydrogen (secondary N) is 2. The molecule has 2 fully saturated rings. The van der Waals surface area contributed by atoms with Crippen molar-refractivity contribution in [2.75, 3.05) is 26.3 Å². The zero-order valence-corrected chi connectivity index (χ0v) is 12.8. The van der Waals surface area contributed by atoms with E-state index in [4.69, 9.17) is 4.74 Å². The van der Waals surface area contributed by atoms with Crippen LogP contribution in [-0.4, -0.2) is 45.8 Å². The molecule has 2 N–H and O–H groups in total. The molecule has 0 spiro atoms. The minimum absolute atomic E-state index is 0.372. The molecule has 0 radical (unpaired) electrons. The maximum atomic E-state index is 12.3. The smallest absolute Gasteiger partial charge is 0.262 e. The normalized spacial score (nSPS) is 21.2. The van der Waals surface area contributed by atoms with Gasteiger partial charge >= 0.3 is 0 Å². The topological polar surface area (TPSA) is 70.7 Å². The average molecular weight is 317 g/mol. The third-order valence-corrected chi connectivity index (χ3v) is 6.19. The second-order valence-corrected chi connectivity index (χ2v) is 7.92. The van der Waals surface area contributed by atoms with Crippen LogP contribution < -0.4 is 10.1 Å². The molecule has 6 nitrogen and oxygen atoms in total. The van der Waals surface area contributed by atoms with E-state index in [1.165, 1.54) is 24.2 Å². The molecule has 8 heteroatoms. The number of hydrogen-bond donors (Lipinski definition) is 2. The third kappa shape index (κ3) is 3.78. The Hall–Kier alpha value is -0.510. The summed E-state index contributed by atoms with van der Waals surface area (Å²) in [6, 6.07) is 2.38. The van der Waals surface area contributed by atoms with Crippen molar-refractivity contribution in [3.05, 3.63) is 17.0 Å². The Labute approximate surface area is 123 Å². The Kier molecular flexibility index (Phi) is 4.39. The Morgan fingerprint density at radius 2 is 2.10 bits per heavy atom. The van der Waals surface area contributed by atoms with Crippen molar-refractivity contribution in [2.45, 2.75) is 29.6 Å². The zero-order chi connectivity index (χ0) is 14.0. The lowest BCUT2D eigenvalue weighted by molar-refractivity contribution is 0.0272. The fraction of sp³-hybridized carbons (Fsp3) is 0.667. The number of ether oxygens (including phenoxy) is 1. The van der Waals surface area contributed by atoms with Crippen LogP contribution in [0.5, 0.6) is 0 Å². The molecule has 1 aliphatic heterocycles. The van der Waals surface area contributed by atoms with Crippen molar-refractivity contribution in [3.63, 3.8) is 0 Å². The van der Waals surface area contributed by atoms with Crippen LogP contribution in [0.3, 0.4) is 0 Å². The molecule has 2 heterocycles. The molecule has 0 bridgehead atoms. The van der Waals surface area contributed by atoms with Gasteiger partial charge in [-0.05, 0) is 29.9 Å². The van der Waals surface area contributed by atoms with Gasteiger partial charge in [0, 0.05) is 25.7 Å². The summed E-state index contributed by atoms with van der Waals surface area (Å²) in [6.45, 7) is 3.03. The van der Waals surface area contributed by atoms with Gasteiger partial charge in [0.25, 0.3) is 10.0 Å². The Morgan fingerprint density at radius 1 is 1.35 bits per heavy atom. The lowest BCUT2D eigenvalue weighted by atomic mass is 10.3. The zero-order valence-electron chi connectivity index (χ0n) is 11.2. The van der Waals surface area contributed by atoms with Crippen LogP contribution >= 0.6 is 11.3 Å². The summed E-state index contributed by atoms with van der Waals surface area (Å²) >= 11 is 1.27. The van der Waals surface area contributed by atoms with Crippen LogP contribution in [0, 0.1) is 0 Å². The van der Waals surface area contributed by atoms with Crippen LogP contribution in [0.2, 0.25) is 0 Å². The largest absolute Gasteiger partial charge is 0.379 e. The molecule has 0 aromatic carbocycles. The van der Waals surface area contributed by atoms with E-state index in [-0.39, 0.29) is 0 Å². The van der Waals surface area contributed by atoms with E-state index in [1.54, 1.807) is 11.1 Å². The maximum absolute atomic E-state index is 12.3. The van der Waals surface area contributed by atoms with Crippen LogP contribution in [0.1, 0.15) is 18.4 Å². The quantitative estimate of drug-likeness (QED) is 0.801. The molecular formula is C12H19N3O3S2. The van der Waals surface area contributed by atoms with Gasteiger partial charge < -0.3 is 10.1 Å². The predicted molar refractivity (Wildman–Crippen MR) is 76.9 cm³/mol. The summed E-state index contributed by atoms with van der Waals surface area (Å²) in [7, 11) is -3.45. The highest BCUT2D eigenvalue weighted by Gasteiger charge is 2.23. The van der Waals surface area contributed by atoms with Crippen LogP contribution in [0.25, 0.3) is 0 Å². The molecule has 1 aromatic rings. The second-order valence-electron chi connectivity index (χ2n) is 5.12. The van der Waals surface area contributed by atoms with Gasteiger partial charge in [-0.3, -0.25) is 0 Å². The Morgan fingerprint density at radius 3 is 2.80 bits per heavy atom. The number of hydrazine groups is 1. The summed E-state index contributed by atoms with van der Waals surface area (Å²) in [5, 5.41) is 6.98. The summed E-state index contributed by atoms with van der Waals surface area (Å²) < 4.78 is 30.1. The number of sulfonamides is 1. The first-order chi connectivity index (χ1) is 9.63. The molecule has 1 saturated carbocycles. The van der Waals surface area contributed by atoms with E-state index in [9.17, 15) is 8.42 Å². The number of rotatable bonds is 6. The van der Waals surface area contributed by atoms with Crippen LogP contribution in [-0.2, 0) is 21.3 Å². The van der Waals surface area contributed by atoms with Crippen molar-refractivity contribution < 1.29 is 13.2 Å². The molecule has 112 valence electrons. The molecule has 1 aromatic heterocycles. The van der Waals surface area contributed by atoms with Gasteiger partial charge in [0.2, 0.25) is 0 Å². The van der Waals surface area contributed by atoms with E-state index >= 15 is 0 Å². The molecule has 2 aliphatic rings. The summed E-state index contributed by atoms with van der Waals surface area (Å²) in [5.74, 6) is 0. The van der Waals surface area contributed by atoms with Gasteiger partial charge in [0.15, 0.2) is 0 Å². The minimum atomic E-state index is -3.45. The maximum Gasteiger partial charge on any atom is 0.262 e. The SMILES string of the molecule is O=S(=O)(NN1CCOCC1)c1cc(CNC2CC2)cs1. The van der Waals surface area contributed by atoms with E-state index in [0.717, 1.165) is 12.1 Å². The van der Waals surface area contributed by atoms with Crippen molar-refractivity contribution >= 4 is 21.4 Å². The molecule has 0 amide bonds. The highest BCUT2D eigenvalue weighted by molar-refractivity contribution is 7.91. The number of morpholine rings is 1. The van der Waals surface area contributed by atoms with E-state index < -0.39 is 10.0 Å². The number of hydrogen-bond acceptors (Lipinski definition) is 6. The van der Waals surface area contributed by atoms with Crippen LogP contribution in [0.4, 0.5) is 0 Å². The number of thiophene rings is 1. The lowest BCUT2D eigenvalue weighted by Gasteiger charge is -2.26.